The molecular formula is C24H31FN6O2. The first kappa shape index (κ1) is 22.2. The predicted molar refractivity (Wildman–Crippen MR) is 125 cm³/mol. The first-order valence-corrected chi connectivity index (χ1v) is 11.6. The number of aryl methyl sites for hydroxylation is 2. The lowest BCUT2D eigenvalue weighted by Gasteiger charge is -2.33. The van der Waals surface area contributed by atoms with Crippen LogP contribution in [0.3, 0.4) is 0 Å². The van der Waals surface area contributed by atoms with Crippen LogP contribution in [0.2, 0.25) is 0 Å². The molecule has 0 spiro atoms. The maximum Gasteiger partial charge on any atom is 0.159 e. The highest BCUT2D eigenvalue weighted by Crippen LogP contribution is 2.35. The van der Waals surface area contributed by atoms with Crippen LogP contribution in [0.1, 0.15) is 29.3 Å². The molecule has 0 amide bonds. The fourth-order valence-corrected chi connectivity index (χ4v) is 5.04. The van der Waals surface area contributed by atoms with E-state index in [2.05, 4.69) is 43.9 Å². The smallest absolute Gasteiger partial charge is 0.159 e. The summed E-state index contributed by atoms with van der Waals surface area (Å²) in [6.07, 6.45) is 1.53. The molecule has 2 aromatic heterocycles. The maximum atomic E-state index is 15.0. The SMILES string of the molecule is Cc1nc(N2CCO[C@@H](CO)C2)cc(-n2ncc3cc(C)c(C4CCN(C)CC4F)cc32)n1. The number of rotatable bonds is 4. The first-order valence-electron chi connectivity index (χ1n) is 11.6. The van der Waals surface area contributed by atoms with Gasteiger partial charge in [0.15, 0.2) is 5.82 Å². The highest BCUT2D eigenvalue weighted by Gasteiger charge is 2.30. The first-order chi connectivity index (χ1) is 15.9. The van der Waals surface area contributed by atoms with Crippen LogP contribution in [0.4, 0.5) is 10.2 Å². The average Bonchev–Trinajstić information content (AvgIpc) is 3.21. The van der Waals surface area contributed by atoms with E-state index in [-0.39, 0.29) is 18.6 Å². The van der Waals surface area contributed by atoms with Crippen LogP contribution in [0.5, 0.6) is 0 Å². The Labute approximate surface area is 193 Å². The van der Waals surface area contributed by atoms with Crippen molar-refractivity contribution in [1.29, 1.82) is 0 Å². The number of anilines is 1. The van der Waals surface area contributed by atoms with E-state index in [9.17, 15) is 9.50 Å². The summed E-state index contributed by atoms with van der Waals surface area (Å²) in [6.45, 7) is 7.07. The lowest BCUT2D eigenvalue weighted by molar-refractivity contribution is 0.00335. The highest BCUT2D eigenvalue weighted by molar-refractivity contribution is 5.82. The van der Waals surface area contributed by atoms with Crippen LogP contribution >= 0.6 is 0 Å². The highest BCUT2D eigenvalue weighted by atomic mass is 19.1. The van der Waals surface area contributed by atoms with Gasteiger partial charge in [0.2, 0.25) is 0 Å². The topological polar surface area (TPSA) is 79.5 Å². The fourth-order valence-electron chi connectivity index (χ4n) is 5.04. The normalized spacial score (nSPS) is 24.5. The van der Waals surface area contributed by atoms with E-state index in [0.29, 0.717) is 37.9 Å². The molecule has 33 heavy (non-hydrogen) atoms. The number of morpholine rings is 1. The van der Waals surface area contributed by atoms with Crippen LogP contribution in [0.25, 0.3) is 16.7 Å². The molecule has 176 valence electrons. The maximum absolute atomic E-state index is 15.0. The molecule has 4 heterocycles. The van der Waals surface area contributed by atoms with E-state index in [1.807, 2.05) is 30.9 Å². The summed E-state index contributed by atoms with van der Waals surface area (Å²) in [5.41, 5.74) is 3.07. The zero-order valence-corrected chi connectivity index (χ0v) is 19.4. The van der Waals surface area contributed by atoms with Crippen molar-refractivity contribution >= 4 is 16.7 Å². The molecule has 2 unspecified atom stereocenters. The zero-order chi connectivity index (χ0) is 23.1. The second-order valence-electron chi connectivity index (χ2n) is 9.25. The Morgan fingerprint density at radius 1 is 1.12 bits per heavy atom. The number of aromatic nitrogens is 4. The summed E-state index contributed by atoms with van der Waals surface area (Å²) >= 11 is 0. The number of fused-ring (bicyclic) bond motifs is 1. The number of nitrogens with zero attached hydrogens (tertiary/aromatic N) is 6. The van der Waals surface area contributed by atoms with Crippen molar-refractivity contribution in [2.45, 2.75) is 38.5 Å². The number of aliphatic hydroxyl groups excluding tert-OH is 1. The number of halogens is 1. The second-order valence-corrected chi connectivity index (χ2v) is 9.25. The minimum atomic E-state index is -0.884. The molecule has 2 saturated heterocycles. The number of alkyl halides is 1. The van der Waals surface area contributed by atoms with Gasteiger partial charge < -0.3 is 19.6 Å². The van der Waals surface area contributed by atoms with Gasteiger partial charge in [-0.3, -0.25) is 0 Å². The molecule has 5 rings (SSSR count). The summed E-state index contributed by atoms with van der Waals surface area (Å²) in [5, 5.41) is 15.1. The second kappa shape index (κ2) is 8.96. The van der Waals surface area contributed by atoms with E-state index < -0.39 is 6.17 Å². The van der Waals surface area contributed by atoms with Crippen LogP contribution in [-0.4, -0.2) is 88.5 Å². The van der Waals surface area contributed by atoms with Gasteiger partial charge in [-0.05, 0) is 57.1 Å². The molecule has 0 bridgehead atoms. The van der Waals surface area contributed by atoms with Gasteiger partial charge >= 0.3 is 0 Å². The molecule has 0 saturated carbocycles. The van der Waals surface area contributed by atoms with Crippen LogP contribution in [0.15, 0.2) is 24.4 Å². The molecule has 0 aliphatic carbocycles. The third-order valence-corrected chi connectivity index (χ3v) is 6.79. The Kier molecular flexibility index (Phi) is 6.03. The zero-order valence-electron chi connectivity index (χ0n) is 19.4. The van der Waals surface area contributed by atoms with Crippen LogP contribution < -0.4 is 4.90 Å². The van der Waals surface area contributed by atoms with Gasteiger partial charge in [0.05, 0.1) is 31.0 Å². The van der Waals surface area contributed by atoms with Crippen molar-refractivity contribution < 1.29 is 14.2 Å². The largest absolute Gasteiger partial charge is 0.394 e. The summed E-state index contributed by atoms with van der Waals surface area (Å²) < 4.78 is 22.4. The third-order valence-electron chi connectivity index (χ3n) is 6.79. The predicted octanol–water partition coefficient (Wildman–Crippen LogP) is 2.39. The number of hydrogen-bond donors (Lipinski definition) is 1. The number of piperidine rings is 1. The third kappa shape index (κ3) is 4.32. The molecule has 2 aliphatic rings. The lowest BCUT2D eigenvalue weighted by Crippen LogP contribution is -2.44. The average molecular weight is 455 g/mol. The Morgan fingerprint density at radius 2 is 1.94 bits per heavy atom. The number of likely N-dealkylation sites (tertiary alicyclic amines) is 1. The van der Waals surface area contributed by atoms with Gasteiger partial charge in [-0.15, -0.1) is 0 Å². The standard InChI is InChI=1S/C24H31FN6O2/c1-15-8-17-11-26-31(22(17)9-20(15)19-4-5-29(3)13-21(19)25)24-10-23(27-16(2)28-24)30-6-7-33-18(12-30)14-32/h8-11,18-19,21,32H,4-7,12-14H2,1-3H3/t18-,19?,21?/m1/s1. The molecule has 8 nitrogen and oxygen atoms in total. The summed E-state index contributed by atoms with van der Waals surface area (Å²) in [6, 6.07) is 6.11. The van der Waals surface area contributed by atoms with Gasteiger partial charge in [-0.2, -0.15) is 5.10 Å². The van der Waals surface area contributed by atoms with Crippen molar-refractivity contribution in [3.63, 3.8) is 0 Å². The molecule has 2 aliphatic heterocycles. The van der Waals surface area contributed by atoms with Gasteiger partial charge in [0.1, 0.15) is 17.8 Å². The Hall–Kier alpha value is -2.62. The van der Waals surface area contributed by atoms with Crippen LogP contribution in [0, 0.1) is 13.8 Å². The molecule has 3 atom stereocenters. The lowest BCUT2D eigenvalue weighted by atomic mass is 9.85. The molecule has 0 radical (unpaired) electrons. The monoisotopic (exact) mass is 454 g/mol. The molecule has 3 aromatic rings. The van der Waals surface area contributed by atoms with E-state index in [1.165, 1.54) is 0 Å². The fraction of sp³-hybridized carbons (Fsp3) is 0.542. The van der Waals surface area contributed by atoms with E-state index in [1.54, 1.807) is 0 Å². The Bertz CT molecular complexity index is 1150. The molecule has 1 N–H and O–H groups in total. The minimum Gasteiger partial charge on any atom is -0.394 e. The number of aliphatic hydroxyl groups is 1. The Morgan fingerprint density at radius 3 is 2.73 bits per heavy atom. The number of ether oxygens (including phenoxy) is 1. The van der Waals surface area contributed by atoms with Gasteiger partial charge in [-0.25, -0.2) is 19.0 Å². The van der Waals surface area contributed by atoms with Crippen LogP contribution in [-0.2, 0) is 4.74 Å². The van der Waals surface area contributed by atoms with Crippen molar-refractivity contribution in [3.05, 3.63) is 41.3 Å². The number of hydrogen-bond acceptors (Lipinski definition) is 7. The minimum absolute atomic E-state index is 0.0220. The Balaban J connectivity index is 1.53. The summed E-state index contributed by atoms with van der Waals surface area (Å²) in [5.74, 6) is 1.99. The van der Waals surface area contributed by atoms with Gasteiger partial charge in [-0.1, -0.05) is 0 Å². The van der Waals surface area contributed by atoms with E-state index in [0.717, 1.165) is 40.8 Å². The summed E-state index contributed by atoms with van der Waals surface area (Å²) in [4.78, 5) is 13.4. The van der Waals surface area contributed by atoms with Gasteiger partial charge in [0.25, 0.3) is 0 Å². The quantitative estimate of drug-likeness (QED) is 0.648. The molecule has 9 heteroatoms. The van der Waals surface area contributed by atoms with E-state index >= 15 is 0 Å². The number of benzene rings is 1. The van der Waals surface area contributed by atoms with E-state index in [4.69, 9.17) is 4.74 Å². The van der Waals surface area contributed by atoms with Crippen molar-refractivity contribution in [2.75, 3.05) is 51.3 Å². The summed E-state index contributed by atoms with van der Waals surface area (Å²) in [7, 11) is 1.97. The van der Waals surface area contributed by atoms with Crippen molar-refractivity contribution in [1.82, 2.24) is 24.6 Å². The van der Waals surface area contributed by atoms with Crippen molar-refractivity contribution in [2.24, 2.45) is 0 Å². The molecule has 2 fully saturated rings. The van der Waals surface area contributed by atoms with Gasteiger partial charge in [0, 0.05) is 37.0 Å². The molecular weight excluding hydrogens is 423 g/mol. The van der Waals surface area contributed by atoms with Crippen molar-refractivity contribution in [3.8, 4) is 5.82 Å². The molecule has 1 aromatic carbocycles.